The third-order valence-electron chi connectivity index (χ3n) is 17.9. The van der Waals surface area contributed by atoms with Crippen LogP contribution in [0.25, 0.3) is 0 Å². The summed E-state index contributed by atoms with van der Waals surface area (Å²) in [6.07, 6.45) is 20.7. The highest BCUT2D eigenvalue weighted by molar-refractivity contribution is 5.92. The van der Waals surface area contributed by atoms with E-state index in [1.54, 1.807) is 33.3 Å². The van der Waals surface area contributed by atoms with Crippen molar-refractivity contribution in [2.24, 2.45) is 40.6 Å². The Balaban J connectivity index is 0.00000541. The van der Waals surface area contributed by atoms with Gasteiger partial charge in [0.15, 0.2) is 11.6 Å². The van der Waals surface area contributed by atoms with Gasteiger partial charge < -0.3 is 81.9 Å². The van der Waals surface area contributed by atoms with Gasteiger partial charge in [-0.2, -0.15) is 0 Å². The number of nitrogens with one attached hydrogen (secondary N) is 5. The zero-order valence-electron chi connectivity index (χ0n) is 62.8. The number of carbonyl (C=O) groups is 14. The first kappa shape index (κ1) is 96.8. The Labute approximate surface area is 614 Å². The molecule has 1 rings (SSSR count). The quantitative estimate of drug-likeness (QED) is 0.0317. The van der Waals surface area contributed by atoms with E-state index in [9.17, 15) is 87.5 Å². The average molecular weight is 1480 g/mol. The van der Waals surface area contributed by atoms with Gasteiger partial charge in [0, 0.05) is 107 Å². The van der Waals surface area contributed by atoms with Crippen LogP contribution in [0.5, 0.6) is 0 Å². The molecule has 5 amide bonds. The fourth-order valence-corrected chi connectivity index (χ4v) is 11.0. The van der Waals surface area contributed by atoms with Crippen molar-refractivity contribution >= 4 is 82.1 Å². The fraction of sp³-hybridized carbons (Fsp3) is 0.770. The number of ketones is 6. The number of carbonyl (C=O) groups excluding carboxylic acids is 11. The minimum Gasteiger partial charge on any atom is -0.481 e. The maximum absolute atomic E-state index is 12.7. The number of nitrogens with two attached hydrogens (primary N) is 2. The number of imidazole rings is 1. The molecule has 13 N–H and O–H groups in total. The fourth-order valence-electron chi connectivity index (χ4n) is 11.0. The summed E-state index contributed by atoms with van der Waals surface area (Å²) in [5.74, 6) is -10.2. The van der Waals surface area contributed by atoms with Crippen molar-refractivity contribution < 1.29 is 106 Å². The molecule has 0 aromatic carbocycles. The molecule has 0 spiro atoms. The van der Waals surface area contributed by atoms with Crippen LogP contribution in [-0.4, -0.2) is 203 Å². The lowest BCUT2D eigenvalue weighted by Gasteiger charge is -2.21. The van der Waals surface area contributed by atoms with Gasteiger partial charge in [0.1, 0.15) is 42.4 Å². The molecule has 1 aromatic heterocycles. The van der Waals surface area contributed by atoms with Crippen molar-refractivity contribution in [1.29, 1.82) is 0 Å². The zero-order chi connectivity index (χ0) is 78.1. The number of aliphatic hydroxyl groups excluding tert-OH is 1. The summed E-state index contributed by atoms with van der Waals surface area (Å²) in [5, 5.41) is 48.9. The molecular formula is C74H126N8O22. The standard InChI is InChI=1S/C62H107N5O20.C12H19N3O2/c1-4-47(54(72)28-26-52(46(3)69)59(63)77)22-19-20-32-64-56(74)31-27-53(62(82)83)67-57(75)30-25-49(61(80)81)42-51(71)43-86-39-37-85-36-34-66-58(76)44-87-40-38-84-35-33-65-55(73)29-24-48(60(78)79)41-50(70)23-18-16-14-12-10-8-6-5-7-9-11-13-15-17-21-45(2)68;1-8(16)12(2,3)5-11(17)10(13)4-9-6-14-7-15-9/h46-49,52-53,69H,4-44H2,1-3H3,(H2,63,77)(H,64,74)(H,65,73)(H,66,76)(H,67,75)(H,78,79)(H,80,81)(H,82,83);6-7,10H,4-5,13H2,1-3H3,(H,14,15)/t46-,47+,48-,49-,52+,53+;10-/m10/s1. The van der Waals surface area contributed by atoms with Crippen LogP contribution in [0.3, 0.4) is 0 Å². The molecule has 30 nitrogen and oxygen atoms in total. The molecule has 0 unspecified atom stereocenters. The number of aliphatic carboxylic acids is 3. The lowest BCUT2D eigenvalue weighted by molar-refractivity contribution is -0.145. The van der Waals surface area contributed by atoms with Gasteiger partial charge in [0.25, 0.3) is 0 Å². The highest BCUT2D eigenvalue weighted by Crippen LogP contribution is 2.24. The molecule has 0 saturated carbocycles. The van der Waals surface area contributed by atoms with Gasteiger partial charge in [-0.25, -0.2) is 9.78 Å². The van der Waals surface area contributed by atoms with Gasteiger partial charge in [0.05, 0.1) is 75.9 Å². The number of H-pyrrole nitrogens is 1. The van der Waals surface area contributed by atoms with E-state index >= 15 is 0 Å². The van der Waals surface area contributed by atoms with Crippen molar-refractivity contribution in [3.63, 3.8) is 0 Å². The maximum atomic E-state index is 12.7. The molecule has 104 heavy (non-hydrogen) atoms. The number of primary amides is 1. The molecule has 0 radical (unpaired) electrons. The molecule has 1 heterocycles. The Morgan fingerprint density at radius 2 is 1.00 bits per heavy atom. The zero-order valence-corrected chi connectivity index (χ0v) is 62.8. The second-order valence-electron chi connectivity index (χ2n) is 27.5. The number of carboxylic acids is 3. The maximum Gasteiger partial charge on any atom is 0.326 e. The first-order valence-electron chi connectivity index (χ1n) is 37.3. The number of rotatable bonds is 68. The Kier molecular flexibility index (Phi) is 55.8. The van der Waals surface area contributed by atoms with Crippen LogP contribution in [-0.2, 0) is 92.5 Å². The molecular weight excluding hydrogens is 1350 g/mol. The molecule has 7 atom stereocenters. The van der Waals surface area contributed by atoms with Crippen LogP contribution in [0.2, 0.25) is 0 Å². The van der Waals surface area contributed by atoms with Crippen LogP contribution in [0.1, 0.15) is 246 Å². The van der Waals surface area contributed by atoms with Crippen LogP contribution < -0.4 is 32.7 Å². The van der Waals surface area contributed by atoms with Crippen molar-refractivity contribution in [3.8, 4) is 0 Å². The van der Waals surface area contributed by atoms with Gasteiger partial charge in [-0.15, -0.1) is 0 Å². The SMILES string of the molecule is CC(=O)C(C)(C)CC(=O)[C@@H](N)Cc1cnc[nH]1.CC[C@@H](CCCCNC(=O)CC[C@H](NC(=O)CC[C@H](CC(=O)COCCOCCNC(=O)COCCOCCNC(=O)CC[C@H](CC(=O)CCCCCCCCCCCCCCCCC(C)=O)C(=O)O)C(=O)O)C(=O)O)C(=O)CC[C@H](C(N)=O)[C@@H](C)O. The lowest BCUT2D eigenvalue weighted by atomic mass is 9.82. The normalized spacial score (nSPS) is 13.3. The van der Waals surface area contributed by atoms with Gasteiger partial charge >= 0.3 is 17.9 Å². The average Bonchev–Trinajstić information content (AvgIpc) is 1.25. The summed E-state index contributed by atoms with van der Waals surface area (Å²) in [4.78, 5) is 175. The van der Waals surface area contributed by atoms with Crippen LogP contribution >= 0.6 is 0 Å². The van der Waals surface area contributed by atoms with Gasteiger partial charge in [-0.3, -0.25) is 57.5 Å². The summed E-state index contributed by atoms with van der Waals surface area (Å²) in [6, 6.07) is -2.01. The molecule has 0 saturated heterocycles. The summed E-state index contributed by atoms with van der Waals surface area (Å²) in [5.41, 5.74) is 11.3. The number of carboxylic acid groups (broad SMARTS) is 3. The monoisotopic (exact) mass is 1480 g/mol. The number of Topliss-reactive ketones (excluding diaryl/α,β-unsaturated/α-hetero) is 6. The van der Waals surface area contributed by atoms with Crippen molar-refractivity contribution in [2.75, 3.05) is 72.5 Å². The van der Waals surface area contributed by atoms with E-state index in [0.29, 0.717) is 44.9 Å². The minimum absolute atomic E-state index is 0.000379. The Morgan fingerprint density at radius 3 is 1.48 bits per heavy atom. The highest BCUT2D eigenvalue weighted by atomic mass is 16.5. The number of ether oxygens (including phenoxy) is 4. The number of hydrogen-bond acceptors (Lipinski definition) is 21. The van der Waals surface area contributed by atoms with E-state index in [1.807, 2.05) is 6.92 Å². The van der Waals surface area contributed by atoms with E-state index < -0.39 is 108 Å². The number of aromatic nitrogens is 2. The molecule has 0 fully saturated rings. The molecule has 0 bridgehead atoms. The van der Waals surface area contributed by atoms with E-state index in [0.717, 1.165) is 44.2 Å². The molecule has 0 aliphatic heterocycles. The lowest BCUT2D eigenvalue weighted by Crippen LogP contribution is -2.42. The second kappa shape index (κ2) is 59.9. The summed E-state index contributed by atoms with van der Waals surface area (Å²) < 4.78 is 21.4. The number of aliphatic hydroxyl groups is 1. The minimum atomic E-state index is -1.43. The highest BCUT2D eigenvalue weighted by Gasteiger charge is 2.31. The predicted octanol–water partition coefficient (Wildman–Crippen LogP) is 6.34. The van der Waals surface area contributed by atoms with Gasteiger partial charge in [-0.1, -0.05) is 104 Å². The third kappa shape index (κ3) is 52.7. The van der Waals surface area contributed by atoms with Gasteiger partial charge in [0.2, 0.25) is 29.5 Å². The summed E-state index contributed by atoms with van der Waals surface area (Å²) in [7, 11) is 0. The third-order valence-corrected chi connectivity index (χ3v) is 17.9. The predicted molar refractivity (Wildman–Crippen MR) is 386 cm³/mol. The van der Waals surface area contributed by atoms with E-state index in [2.05, 4.69) is 31.2 Å². The van der Waals surface area contributed by atoms with Crippen molar-refractivity contribution in [1.82, 2.24) is 31.2 Å². The van der Waals surface area contributed by atoms with E-state index in [4.69, 9.17) is 30.4 Å². The van der Waals surface area contributed by atoms with Crippen LogP contribution in [0, 0.1) is 29.1 Å². The number of amides is 5. The molecule has 0 aliphatic carbocycles. The second-order valence-corrected chi connectivity index (χ2v) is 27.5. The van der Waals surface area contributed by atoms with E-state index in [-0.39, 0.29) is 164 Å². The number of aromatic amines is 1. The molecule has 594 valence electrons. The van der Waals surface area contributed by atoms with Gasteiger partial charge in [-0.05, 0) is 78.6 Å². The topological polar surface area (TPSA) is 486 Å². The molecule has 0 aliphatic rings. The molecule has 30 heteroatoms. The Morgan fingerprint density at radius 1 is 0.519 bits per heavy atom. The van der Waals surface area contributed by atoms with Crippen LogP contribution in [0.15, 0.2) is 12.5 Å². The first-order valence-corrected chi connectivity index (χ1v) is 37.3. The molecule has 1 aromatic rings. The number of hydrogen-bond donors (Lipinski definition) is 11. The Bertz CT molecular complexity index is 2690. The first-order chi connectivity index (χ1) is 49.4. The van der Waals surface area contributed by atoms with Crippen LogP contribution in [0.4, 0.5) is 0 Å². The summed E-state index contributed by atoms with van der Waals surface area (Å²) >= 11 is 0. The van der Waals surface area contributed by atoms with Crippen molar-refractivity contribution in [2.45, 2.75) is 265 Å². The number of unbranched alkanes of at least 4 members (excludes halogenated alkanes) is 14. The largest absolute Gasteiger partial charge is 0.481 e. The summed E-state index contributed by atoms with van der Waals surface area (Å²) in [6.45, 7) is 10.5. The Hall–Kier alpha value is -7.25. The smallest absolute Gasteiger partial charge is 0.326 e. The van der Waals surface area contributed by atoms with E-state index in [1.165, 1.54) is 65.2 Å². The van der Waals surface area contributed by atoms with Crippen molar-refractivity contribution in [3.05, 3.63) is 18.2 Å². The number of nitrogens with zero attached hydrogens (tertiary/aromatic N) is 1.